The molecule has 3 aliphatic heterocycles. The minimum absolute atomic E-state index is 0.256. The summed E-state index contributed by atoms with van der Waals surface area (Å²) < 4.78 is 16.5. The number of halogens is 1. The number of hydrogen-bond donors (Lipinski definition) is 1. The van der Waals surface area contributed by atoms with Gasteiger partial charge < -0.3 is 19.5 Å². The second kappa shape index (κ2) is 4.54. The van der Waals surface area contributed by atoms with Gasteiger partial charge in [0.05, 0.1) is 17.2 Å². The Hall–Kier alpha value is -0.970. The lowest BCUT2D eigenvalue weighted by molar-refractivity contribution is 0.0973. The summed E-state index contributed by atoms with van der Waals surface area (Å²) >= 11 is 6.18. The van der Waals surface area contributed by atoms with E-state index in [1.165, 1.54) is 12.8 Å². The molecule has 2 fully saturated rings. The maximum absolute atomic E-state index is 6.18. The summed E-state index contributed by atoms with van der Waals surface area (Å²) in [5.74, 6) is 1.40. The largest absolute Gasteiger partial charge is 0.454 e. The summed E-state index contributed by atoms with van der Waals surface area (Å²) in [6.07, 6.45) is 4.41. The second-order valence-electron chi connectivity index (χ2n) is 5.41. The van der Waals surface area contributed by atoms with Crippen molar-refractivity contribution in [3.8, 4) is 11.5 Å². The van der Waals surface area contributed by atoms with Gasteiger partial charge in [0.25, 0.3) is 0 Å². The fourth-order valence-corrected chi connectivity index (χ4v) is 3.51. The number of rotatable bonds is 3. The molecule has 1 aromatic rings. The highest BCUT2D eigenvalue weighted by atomic mass is 35.5. The first-order valence-corrected chi connectivity index (χ1v) is 7.14. The molecule has 3 heterocycles. The SMILES string of the molecule is Clc1cc(CNC2CC3CCC2O3)cc2c1OCO2. The van der Waals surface area contributed by atoms with Gasteiger partial charge in [-0.1, -0.05) is 11.6 Å². The zero-order chi connectivity index (χ0) is 12.8. The molecule has 1 N–H and O–H groups in total. The van der Waals surface area contributed by atoms with E-state index in [2.05, 4.69) is 5.32 Å². The first kappa shape index (κ1) is 11.8. The predicted octanol–water partition coefficient (Wildman–Crippen LogP) is 2.48. The van der Waals surface area contributed by atoms with Crippen molar-refractivity contribution in [2.45, 2.75) is 44.1 Å². The number of benzene rings is 1. The van der Waals surface area contributed by atoms with Crippen LogP contribution in [0.3, 0.4) is 0 Å². The molecule has 3 unspecified atom stereocenters. The summed E-state index contributed by atoms with van der Waals surface area (Å²) in [6.45, 7) is 1.04. The fourth-order valence-electron chi connectivity index (χ4n) is 3.22. The molecule has 4 rings (SSSR count). The molecule has 4 nitrogen and oxygen atoms in total. The van der Waals surface area contributed by atoms with Crippen LogP contribution in [0.1, 0.15) is 24.8 Å². The first-order chi connectivity index (χ1) is 9.29. The van der Waals surface area contributed by atoms with Crippen molar-refractivity contribution >= 4 is 11.6 Å². The molecule has 3 atom stereocenters. The highest BCUT2D eigenvalue weighted by Crippen LogP contribution is 2.40. The first-order valence-electron chi connectivity index (χ1n) is 6.76. The maximum atomic E-state index is 6.18. The van der Waals surface area contributed by atoms with E-state index < -0.39 is 0 Å². The quantitative estimate of drug-likeness (QED) is 0.924. The van der Waals surface area contributed by atoms with Crippen LogP contribution in [0.4, 0.5) is 0 Å². The van der Waals surface area contributed by atoms with Crippen molar-refractivity contribution in [2.24, 2.45) is 0 Å². The Morgan fingerprint density at radius 2 is 2.21 bits per heavy atom. The molecule has 0 radical (unpaired) electrons. The number of nitrogens with one attached hydrogen (secondary N) is 1. The average molecular weight is 282 g/mol. The Kier molecular flexibility index (Phi) is 2.83. The topological polar surface area (TPSA) is 39.7 Å². The van der Waals surface area contributed by atoms with E-state index in [1.807, 2.05) is 12.1 Å². The van der Waals surface area contributed by atoms with Crippen LogP contribution in [-0.4, -0.2) is 25.0 Å². The van der Waals surface area contributed by atoms with Crippen molar-refractivity contribution in [1.82, 2.24) is 5.32 Å². The number of ether oxygens (including phenoxy) is 3. The molecule has 2 bridgehead atoms. The van der Waals surface area contributed by atoms with E-state index in [0.717, 1.165) is 24.3 Å². The summed E-state index contributed by atoms with van der Waals surface area (Å²) in [4.78, 5) is 0. The van der Waals surface area contributed by atoms with Crippen LogP contribution in [0.15, 0.2) is 12.1 Å². The van der Waals surface area contributed by atoms with Crippen LogP contribution in [0.2, 0.25) is 5.02 Å². The van der Waals surface area contributed by atoms with Gasteiger partial charge in [-0.05, 0) is 37.0 Å². The van der Waals surface area contributed by atoms with E-state index in [9.17, 15) is 0 Å². The summed E-state index contributed by atoms with van der Waals surface area (Å²) in [5, 5.41) is 4.19. The molecule has 19 heavy (non-hydrogen) atoms. The Labute approximate surface area is 117 Å². The van der Waals surface area contributed by atoms with E-state index in [4.69, 9.17) is 25.8 Å². The highest BCUT2D eigenvalue weighted by Gasteiger charge is 2.40. The Balaban J connectivity index is 1.44. The number of hydrogen-bond acceptors (Lipinski definition) is 4. The van der Waals surface area contributed by atoms with Gasteiger partial charge in [-0.3, -0.25) is 0 Å². The smallest absolute Gasteiger partial charge is 0.231 e. The summed E-state index contributed by atoms with van der Waals surface area (Å²) in [5.41, 5.74) is 1.12. The minimum atomic E-state index is 0.256. The van der Waals surface area contributed by atoms with Crippen molar-refractivity contribution in [3.63, 3.8) is 0 Å². The molecule has 0 aromatic heterocycles. The predicted molar refractivity (Wildman–Crippen MR) is 70.7 cm³/mol. The lowest BCUT2D eigenvalue weighted by atomic mass is 9.95. The molecule has 0 saturated carbocycles. The Morgan fingerprint density at radius 1 is 1.26 bits per heavy atom. The molecular formula is C14H16ClNO3. The molecule has 102 valence electrons. The van der Waals surface area contributed by atoms with Crippen LogP contribution in [0.25, 0.3) is 0 Å². The van der Waals surface area contributed by atoms with Crippen LogP contribution < -0.4 is 14.8 Å². The third-order valence-electron chi connectivity index (χ3n) is 4.16. The Bertz CT molecular complexity index is 508. The van der Waals surface area contributed by atoms with Gasteiger partial charge in [-0.15, -0.1) is 0 Å². The van der Waals surface area contributed by atoms with Crippen molar-refractivity contribution in [2.75, 3.05) is 6.79 Å². The normalized spacial score (nSPS) is 31.1. The van der Waals surface area contributed by atoms with Gasteiger partial charge in [-0.25, -0.2) is 0 Å². The van der Waals surface area contributed by atoms with Crippen LogP contribution in [-0.2, 0) is 11.3 Å². The van der Waals surface area contributed by atoms with E-state index in [0.29, 0.717) is 29.0 Å². The second-order valence-corrected chi connectivity index (χ2v) is 5.82. The molecule has 0 spiro atoms. The van der Waals surface area contributed by atoms with Gasteiger partial charge in [-0.2, -0.15) is 0 Å². The molecule has 0 aliphatic carbocycles. The third kappa shape index (κ3) is 2.08. The van der Waals surface area contributed by atoms with Crippen molar-refractivity contribution < 1.29 is 14.2 Å². The Morgan fingerprint density at radius 3 is 3.00 bits per heavy atom. The maximum Gasteiger partial charge on any atom is 0.231 e. The van der Waals surface area contributed by atoms with Gasteiger partial charge in [0.1, 0.15) is 0 Å². The van der Waals surface area contributed by atoms with E-state index in [-0.39, 0.29) is 6.79 Å². The zero-order valence-corrected chi connectivity index (χ0v) is 11.3. The van der Waals surface area contributed by atoms with Gasteiger partial charge >= 0.3 is 0 Å². The standard InChI is InChI=1S/C14H16ClNO3/c15-10-3-8(4-13-14(10)18-7-17-13)6-16-11-5-9-1-2-12(11)19-9/h3-4,9,11-12,16H,1-2,5-7H2. The minimum Gasteiger partial charge on any atom is -0.454 e. The van der Waals surface area contributed by atoms with E-state index >= 15 is 0 Å². The number of fused-ring (bicyclic) bond motifs is 3. The van der Waals surface area contributed by atoms with Gasteiger partial charge in [0.2, 0.25) is 6.79 Å². The molecular weight excluding hydrogens is 266 g/mol. The van der Waals surface area contributed by atoms with Crippen LogP contribution in [0, 0.1) is 0 Å². The molecule has 2 saturated heterocycles. The van der Waals surface area contributed by atoms with Crippen LogP contribution >= 0.6 is 11.6 Å². The summed E-state index contributed by atoms with van der Waals surface area (Å²) in [6, 6.07) is 4.41. The van der Waals surface area contributed by atoms with Gasteiger partial charge in [0, 0.05) is 12.6 Å². The third-order valence-corrected chi connectivity index (χ3v) is 4.44. The lowest BCUT2D eigenvalue weighted by Crippen LogP contribution is -2.36. The fraction of sp³-hybridized carbons (Fsp3) is 0.571. The van der Waals surface area contributed by atoms with Gasteiger partial charge in [0.15, 0.2) is 11.5 Å². The molecule has 3 aliphatic rings. The molecule has 0 amide bonds. The van der Waals surface area contributed by atoms with E-state index in [1.54, 1.807) is 0 Å². The zero-order valence-electron chi connectivity index (χ0n) is 10.5. The average Bonchev–Trinajstić information content (AvgIpc) is 3.11. The molecule has 5 heteroatoms. The monoisotopic (exact) mass is 281 g/mol. The summed E-state index contributed by atoms with van der Waals surface area (Å²) in [7, 11) is 0. The van der Waals surface area contributed by atoms with Crippen molar-refractivity contribution in [1.29, 1.82) is 0 Å². The highest BCUT2D eigenvalue weighted by molar-refractivity contribution is 6.32. The van der Waals surface area contributed by atoms with Crippen molar-refractivity contribution in [3.05, 3.63) is 22.7 Å². The van der Waals surface area contributed by atoms with Crippen LogP contribution in [0.5, 0.6) is 11.5 Å². The lowest BCUT2D eigenvalue weighted by Gasteiger charge is -2.20. The molecule has 1 aromatic carbocycles.